The molecule has 0 radical (unpaired) electrons. The summed E-state index contributed by atoms with van der Waals surface area (Å²) in [7, 11) is 6.37. The van der Waals surface area contributed by atoms with E-state index in [9.17, 15) is 0 Å². The van der Waals surface area contributed by atoms with Gasteiger partial charge >= 0.3 is 0 Å². The molecule has 3 fully saturated rings. The number of aromatic nitrogens is 1. The second kappa shape index (κ2) is 13.4. The first-order valence-corrected chi connectivity index (χ1v) is 17.3. The number of likely N-dealkylation sites (tertiary alicyclic amines) is 1. The Kier molecular flexibility index (Phi) is 10.1. The molecule has 4 unspecified atom stereocenters. The highest BCUT2D eigenvalue weighted by atomic mass is 32.2. The zero-order chi connectivity index (χ0) is 29.9. The number of aliphatic imine (C=N–C) groups is 1. The number of pyridine rings is 1. The Balaban J connectivity index is 1.31. The Morgan fingerprint density at radius 3 is 2.76 bits per heavy atom. The zero-order valence-corrected chi connectivity index (χ0v) is 27.9. The molecule has 5 rings (SSSR count). The summed E-state index contributed by atoms with van der Waals surface area (Å²) in [5.74, 6) is 3.56. The summed E-state index contributed by atoms with van der Waals surface area (Å²) in [6, 6.07) is 6.96. The molecule has 4 aliphatic rings. The Bertz CT molecular complexity index is 1170. The van der Waals surface area contributed by atoms with E-state index in [2.05, 4.69) is 97.7 Å². The second-order valence-corrected chi connectivity index (χ2v) is 14.7. The molecule has 4 heterocycles. The molecule has 7 nitrogen and oxygen atoms in total. The van der Waals surface area contributed by atoms with Gasteiger partial charge in [-0.25, -0.2) is 4.98 Å². The van der Waals surface area contributed by atoms with Crippen LogP contribution in [0.15, 0.2) is 52.1 Å². The molecule has 3 aliphatic heterocycles. The lowest BCUT2D eigenvalue weighted by atomic mass is 9.73. The molecule has 42 heavy (non-hydrogen) atoms. The lowest BCUT2D eigenvalue weighted by Crippen LogP contribution is -2.52. The van der Waals surface area contributed by atoms with E-state index in [0.717, 1.165) is 41.6 Å². The smallest absolute Gasteiger partial charge is 0.135 e. The highest BCUT2D eigenvalue weighted by Gasteiger charge is 2.57. The summed E-state index contributed by atoms with van der Waals surface area (Å²) in [5.41, 5.74) is 0.858. The van der Waals surface area contributed by atoms with Crippen LogP contribution in [-0.4, -0.2) is 92.1 Å². The van der Waals surface area contributed by atoms with Crippen molar-refractivity contribution in [2.24, 2.45) is 22.2 Å². The predicted molar refractivity (Wildman–Crippen MR) is 177 cm³/mol. The molecule has 0 saturated carbocycles. The van der Waals surface area contributed by atoms with E-state index in [-0.39, 0.29) is 17.1 Å². The molecular formula is C34H54N6OS. The van der Waals surface area contributed by atoms with Crippen LogP contribution >= 0.6 is 11.8 Å². The van der Waals surface area contributed by atoms with Crippen LogP contribution in [0, 0.1) is 17.3 Å². The molecule has 0 bridgehead atoms. The van der Waals surface area contributed by atoms with Crippen LogP contribution in [0.5, 0.6) is 0 Å². The van der Waals surface area contributed by atoms with Gasteiger partial charge < -0.3 is 19.4 Å². The first kappa shape index (κ1) is 31.6. The van der Waals surface area contributed by atoms with Gasteiger partial charge in [0, 0.05) is 37.3 Å². The molecular weight excluding hydrogens is 540 g/mol. The van der Waals surface area contributed by atoms with Gasteiger partial charge in [0.1, 0.15) is 11.7 Å². The topological polar surface area (TPSA) is 56.2 Å². The highest BCUT2D eigenvalue weighted by Crippen LogP contribution is 2.51. The summed E-state index contributed by atoms with van der Waals surface area (Å²) < 4.78 is 6.47. The zero-order valence-electron chi connectivity index (χ0n) is 27.1. The number of anilines is 1. The van der Waals surface area contributed by atoms with Gasteiger partial charge in [-0.15, -0.1) is 11.8 Å². The molecule has 0 amide bonds. The number of nitrogens with zero attached hydrogens (tertiary/aromatic N) is 5. The molecule has 232 valence electrons. The number of allylic oxidation sites excluding steroid dienone is 1. The average Bonchev–Trinajstić information content (AvgIpc) is 3.21. The van der Waals surface area contributed by atoms with Crippen molar-refractivity contribution in [3.05, 3.63) is 42.1 Å². The molecule has 1 aromatic heterocycles. The van der Waals surface area contributed by atoms with Crippen molar-refractivity contribution in [2.45, 2.75) is 88.4 Å². The Morgan fingerprint density at radius 1 is 1.14 bits per heavy atom. The van der Waals surface area contributed by atoms with Gasteiger partial charge in [0.2, 0.25) is 0 Å². The van der Waals surface area contributed by atoms with Crippen LogP contribution in [0.1, 0.15) is 65.7 Å². The number of rotatable bonds is 7. The van der Waals surface area contributed by atoms with Gasteiger partial charge in [-0.05, 0) is 103 Å². The fourth-order valence-corrected chi connectivity index (χ4v) is 7.94. The first-order valence-electron chi connectivity index (χ1n) is 16.1. The lowest BCUT2D eigenvalue weighted by molar-refractivity contribution is -0.101. The molecule has 1 aromatic rings. The third-order valence-corrected chi connectivity index (χ3v) is 10.8. The Hall–Kier alpha value is -1.87. The van der Waals surface area contributed by atoms with Gasteiger partial charge in [0.15, 0.2) is 0 Å². The summed E-state index contributed by atoms with van der Waals surface area (Å²) in [5, 5.41) is 4.88. The van der Waals surface area contributed by atoms with E-state index in [1.165, 1.54) is 57.2 Å². The van der Waals surface area contributed by atoms with Crippen molar-refractivity contribution in [2.75, 3.05) is 58.7 Å². The number of ether oxygens (including phenoxy) is 1. The maximum absolute atomic E-state index is 6.47. The van der Waals surface area contributed by atoms with Crippen molar-refractivity contribution >= 4 is 23.4 Å². The number of nitrogens with one attached hydrogen (secondary N) is 1. The lowest BCUT2D eigenvalue weighted by Gasteiger charge is -2.46. The Labute approximate surface area is 259 Å². The first-order chi connectivity index (χ1) is 20.1. The van der Waals surface area contributed by atoms with E-state index < -0.39 is 0 Å². The number of thioether (sulfide) groups is 1. The fourth-order valence-electron chi connectivity index (χ4n) is 7.54. The monoisotopic (exact) mass is 594 g/mol. The summed E-state index contributed by atoms with van der Waals surface area (Å²) in [6.45, 7) is 10.7. The molecule has 0 aromatic carbocycles. The minimum atomic E-state index is -0.197. The van der Waals surface area contributed by atoms with Crippen molar-refractivity contribution in [1.29, 1.82) is 0 Å². The normalized spacial score (nSPS) is 33.9. The van der Waals surface area contributed by atoms with Crippen LogP contribution < -0.4 is 10.2 Å². The van der Waals surface area contributed by atoms with Gasteiger partial charge in [-0.3, -0.25) is 10.3 Å². The van der Waals surface area contributed by atoms with Crippen LogP contribution in [0.4, 0.5) is 5.82 Å². The maximum atomic E-state index is 6.47. The number of amidine groups is 1. The number of fused-ring (bicyclic) bond motifs is 1. The van der Waals surface area contributed by atoms with E-state index >= 15 is 0 Å². The van der Waals surface area contributed by atoms with Crippen molar-refractivity contribution in [3.8, 4) is 0 Å². The van der Waals surface area contributed by atoms with Crippen molar-refractivity contribution < 1.29 is 4.74 Å². The predicted octanol–water partition coefficient (Wildman–Crippen LogP) is 6.05. The van der Waals surface area contributed by atoms with Crippen molar-refractivity contribution in [3.63, 3.8) is 0 Å². The minimum absolute atomic E-state index is 0.183. The molecule has 8 heteroatoms. The number of hydrogen-bond donors (Lipinski definition) is 1. The second-order valence-electron chi connectivity index (χ2n) is 13.9. The van der Waals surface area contributed by atoms with Gasteiger partial charge in [-0.2, -0.15) is 0 Å². The molecule has 3 saturated heterocycles. The standard InChI is InChI=1S/C34H54N6OS/c1-33(2)21-29-34(3,23-41-33)28(32(35-4)40(29)30-14-9-15-31(37-30)42-7)22-39(6)24-36-27-13-8-11-25(16-17-27)26-12-10-19-38(5)20-18-26/h9,14-17,22,25-27,29,36H,8,10-13,18-21,23-24H2,1-7H3/b28-22+,35-32?/t25?,26?,27?,29?,34-/m1/s1. The maximum Gasteiger partial charge on any atom is 0.135 e. The van der Waals surface area contributed by atoms with Gasteiger partial charge in [-0.1, -0.05) is 31.6 Å². The Morgan fingerprint density at radius 2 is 1.98 bits per heavy atom. The van der Waals surface area contributed by atoms with Gasteiger partial charge in [0.05, 0.1) is 29.9 Å². The van der Waals surface area contributed by atoms with E-state index in [1.807, 2.05) is 7.05 Å². The van der Waals surface area contributed by atoms with Crippen LogP contribution in [0.2, 0.25) is 0 Å². The van der Waals surface area contributed by atoms with Crippen LogP contribution in [0.3, 0.4) is 0 Å². The largest absolute Gasteiger partial charge is 0.374 e. The van der Waals surface area contributed by atoms with Crippen molar-refractivity contribution in [1.82, 2.24) is 20.1 Å². The summed E-state index contributed by atoms with van der Waals surface area (Å²) >= 11 is 1.68. The molecule has 1 aliphatic carbocycles. The molecule has 1 N–H and O–H groups in total. The minimum Gasteiger partial charge on any atom is -0.374 e. The third kappa shape index (κ3) is 6.92. The third-order valence-electron chi connectivity index (χ3n) is 10.2. The highest BCUT2D eigenvalue weighted by molar-refractivity contribution is 7.98. The van der Waals surface area contributed by atoms with E-state index in [0.29, 0.717) is 12.6 Å². The van der Waals surface area contributed by atoms with Crippen LogP contribution in [-0.2, 0) is 4.74 Å². The average molecular weight is 595 g/mol. The van der Waals surface area contributed by atoms with Crippen LogP contribution in [0.25, 0.3) is 0 Å². The molecule has 5 atom stereocenters. The van der Waals surface area contributed by atoms with Gasteiger partial charge in [0.25, 0.3) is 0 Å². The SMILES string of the molecule is CN=C1/C(=C\N(C)CNC2C=CC(C3CCCN(C)CC3)CCC2)[C@@]2(C)COC(C)(C)CC2N1c1cccc(SC)n1. The van der Waals surface area contributed by atoms with E-state index in [4.69, 9.17) is 14.7 Å². The molecule has 0 spiro atoms. The summed E-state index contributed by atoms with van der Waals surface area (Å²) in [6.07, 6.45) is 18.2. The van der Waals surface area contributed by atoms with E-state index in [1.54, 1.807) is 11.8 Å². The summed E-state index contributed by atoms with van der Waals surface area (Å²) in [4.78, 5) is 17.1. The quantitative estimate of drug-likeness (QED) is 0.235. The number of hydrogen-bond acceptors (Lipinski definition) is 7. The fraction of sp³-hybridized carbons (Fsp3) is 0.706.